The van der Waals surface area contributed by atoms with E-state index < -0.39 is 5.97 Å². The van der Waals surface area contributed by atoms with Gasteiger partial charge >= 0.3 is 5.97 Å². The first-order valence-corrected chi connectivity index (χ1v) is 4.82. The lowest BCUT2D eigenvalue weighted by Gasteiger charge is -2.00. The number of carbonyl (C=O) groups excluding carboxylic acids is 1. The SMILES string of the molecule is CNC(=O)Cc1ccc(C=CC(=O)O)cc1. The van der Waals surface area contributed by atoms with Gasteiger partial charge in [0.2, 0.25) is 5.91 Å². The summed E-state index contributed by atoms with van der Waals surface area (Å²) in [6.07, 6.45) is 2.92. The van der Waals surface area contributed by atoms with E-state index >= 15 is 0 Å². The van der Waals surface area contributed by atoms with E-state index in [1.165, 1.54) is 6.08 Å². The number of nitrogens with one attached hydrogen (secondary N) is 1. The molecule has 4 nitrogen and oxygen atoms in total. The number of likely N-dealkylation sites (N-methyl/N-ethyl adjacent to an activating group) is 1. The van der Waals surface area contributed by atoms with Gasteiger partial charge in [0.25, 0.3) is 0 Å². The van der Waals surface area contributed by atoms with Crippen LogP contribution in [0.3, 0.4) is 0 Å². The van der Waals surface area contributed by atoms with Crippen LogP contribution in [0, 0.1) is 0 Å². The molecule has 0 spiro atoms. The van der Waals surface area contributed by atoms with E-state index in [0.717, 1.165) is 17.2 Å². The zero-order valence-corrected chi connectivity index (χ0v) is 8.93. The summed E-state index contributed by atoms with van der Waals surface area (Å²) in [6.45, 7) is 0. The topological polar surface area (TPSA) is 66.4 Å². The second kappa shape index (κ2) is 5.70. The molecule has 0 aliphatic carbocycles. The highest BCUT2D eigenvalue weighted by atomic mass is 16.4. The van der Waals surface area contributed by atoms with Crippen LogP contribution in [0.25, 0.3) is 6.08 Å². The number of amides is 1. The molecule has 16 heavy (non-hydrogen) atoms. The van der Waals surface area contributed by atoms with E-state index in [0.29, 0.717) is 6.42 Å². The molecule has 0 bridgehead atoms. The molecule has 0 aliphatic rings. The summed E-state index contributed by atoms with van der Waals surface area (Å²) in [5.41, 5.74) is 1.69. The fourth-order valence-corrected chi connectivity index (χ4v) is 1.19. The average molecular weight is 219 g/mol. The van der Waals surface area contributed by atoms with Gasteiger partial charge in [-0.25, -0.2) is 4.79 Å². The molecule has 4 heteroatoms. The fraction of sp³-hybridized carbons (Fsp3) is 0.167. The second-order valence-corrected chi connectivity index (χ2v) is 3.26. The van der Waals surface area contributed by atoms with Gasteiger partial charge in [0.15, 0.2) is 0 Å². The predicted molar refractivity (Wildman–Crippen MR) is 60.9 cm³/mol. The van der Waals surface area contributed by atoms with Gasteiger partial charge in [0, 0.05) is 13.1 Å². The van der Waals surface area contributed by atoms with E-state index in [1.807, 2.05) is 0 Å². The molecule has 2 N–H and O–H groups in total. The van der Waals surface area contributed by atoms with Crippen LogP contribution in [0.4, 0.5) is 0 Å². The average Bonchev–Trinajstić information content (AvgIpc) is 2.28. The lowest BCUT2D eigenvalue weighted by Crippen LogP contribution is -2.19. The summed E-state index contributed by atoms with van der Waals surface area (Å²) in [7, 11) is 1.59. The van der Waals surface area contributed by atoms with Crippen molar-refractivity contribution in [3.63, 3.8) is 0 Å². The van der Waals surface area contributed by atoms with Gasteiger partial charge in [-0.2, -0.15) is 0 Å². The van der Waals surface area contributed by atoms with Gasteiger partial charge in [-0.3, -0.25) is 4.79 Å². The van der Waals surface area contributed by atoms with Gasteiger partial charge < -0.3 is 10.4 Å². The van der Waals surface area contributed by atoms with Gasteiger partial charge in [0.05, 0.1) is 6.42 Å². The number of carboxylic acids is 1. The highest BCUT2D eigenvalue weighted by molar-refractivity contribution is 5.85. The minimum Gasteiger partial charge on any atom is -0.478 e. The fourth-order valence-electron chi connectivity index (χ4n) is 1.19. The summed E-state index contributed by atoms with van der Waals surface area (Å²) in [5.74, 6) is -1.02. The Bertz CT molecular complexity index is 407. The Balaban J connectivity index is 2.68. The van der Waals surface area contributed by atoms with E-state index in [2.05, 4.69) is 5.32 Å². The van der Waals surface area contributed by atoms with Crippen LogP contribution in [-0.2, 0) is 16.0 Å². The third-order valence-electron chi connectivity index (χ3n) is 2.04. The molecule has 0 atom stereocenters. The van der Waals surface area contributed by atoms with Gasteiger partial charge in [-0.05, 0) is 17.2 Å². The number of aliphatic carboxylic acids is 1. The lowest BCUT2D eigenvalue weighted by atomic mass is 10.1. The Morgan fingerprint density at radius 1 is 1.31 bits per heavy atom. The van der Waals surface area contributed by atoms with Crippen molar-refractivity contribution in [2.24, 2.45) is 0 Å². The number of carboxylic acid groups (broad SMARTS) is 1. The Hall–Kier alpha value is -2.10. The number of benzene rings is 1. The van der Waals surface area contributed by atoms with Crippen LogP contribution in [-0.4, -0.2) is 24.0 Å². The first kappa shape index (κ1) is 12.0. The number of hydrogen-bond donors (Lipinski definition) is 2. The molecule has 0 radical (unpaired) electrons. The van der Waals surface area contributed by atoms with Crippen LogP contribution in [0.2, 0.25) is 0 Å². The van der Waals surface area contributed by atoms with Crippen LogP contribution in [0.5, 0.6) is 0 Å². The van der Waals surface area contributed by atoms with Crippen molar-refractivity contribution in [2.75, 3.05) is 7.05 Å². The first-order chi connectivity index (χ1) is 7.61. The van der Waals surface area contributed by atoms with Crippen molar-refractivity contribution >= 4 is 18.0 Å². The summed E-state index contributed by atoms with van der Waals surface area (Å²) in [5, 5.41) is 11.0. The highest BCUT2D eigenvalue weighted by Crippen LogP contribution is 2.06. The summed E-state index contributed by atoms with van der Waals surface area (Å²) >= 11 is 0. The maximum atomic E-state index is 11.1. The Morgan fingerprint density at radius 3 is 2.44 bits per heavy atom. The quantitative estimate of drug-likeness (QED) is 0.744. The van der Waals surface area contributed by atoms with Crippen molar-refractivity contribution in [3.05, 3.63) is 41.5 Å². The van der Waals surface area contributed by atoms with Gasteiger partial charge in [-0.15, -0.1) is 0 Å². The standard InChI is InChI=1S/C12H13NO3/c1-13-11(14)8-10-4-2-9(3-5-10)6-7-12(15)16/h2-7H,8H2,1H3,(H,13,14)(H,15,16). The van der Waals surface area contributed by atoms with E-state index in [1.54, 1.807) is 31.3 Å². The van der Waals surface area contributed by atoms with E-state index in [9.17, 15) is 9.59 Å². The van der Waals surface area contributed by atoms with Crippen LogP contribution < -0.4 is 5.32 Å². The third kappa shape index (κ3) is 3.96. The number of hydrogen-bond acceptors (Lipinski definition) is 2. The number of rotatable bonds is 4. The van der Waals surface area contributed by atoms with Crippen molar-refractivity contribution in [1.82, 2.24) is 5.32 Å². The predicted octanol–water partition coefficient (Wildman–Crippen LogP) is 1.07. The second-order valence-electron chi connectivity index (χ2n) is 3.26. The molecule has 0 unspecified atom stereocenters. The molecule has 0 aromatic heterocycles. The van der Waals surface area contributed by atoms with Crippen LogP contribution >= 0.6 is 0 Å². The van der Waals surface area contributed by atoms with Crippen molar-refractivity contribution in [2.45, 2.75) is 6.42 Å². The Kier molecular flexibility index (Phi) is 4.27. The minimum absolute atomic E-state index is 0.0474. The molecule has 1 aromatic rings. The Morgan fingerprint density at radius 2 is 1.94 bits per heavy atom. The zero-order valence-electron chi connectivity index (χ0n) is 8.93. The minimum atomic E-state index is -0.977. The van der Waals surface area contributed by atoms with Gasteiger partial charge in [-0.1, -0.05) is 24.3 Å². The van der Waals surface area contributed by atoms with Crippen molar-refractivity contribution in [1.29, 1.82) is 0 Å². The molecule has 1 amide bonds. The largest absolute Gasteiger partial charge is 0.478 e. The molecule has 1 aromatic carbocycles. The lowest BCUT2D eigenvalue weighted by molar-refractivity contribution is -0.131. The number of carbonyl (C=O) groups is 2. The van der Waals surface area contributed by atoms with Crippen molar-refractivity contribution < 1.29 is 14.7 Å². The highest BCUT2D eigenvalue weighted by Gasteiger charge is 1.99. The Labute approximate surface area is 93.6 Å². The molecular formula is C12H13NO3. The monoisotopic (exact) mass is 219 g/mol. The molecule has 0 aliphatic heterocycles. The molecule has 1 rings (SSSR count). The molecule has 0 heterocycles. The molecule has 84 valence electrons. The van der Waals surface area contributed by atoms with E-state index in [-0.39, 0.29) is 5.91 Å². The molecular weight excluding hydrogens is 206 g/mol. The molecule has 0 saturated carbocycles. The maximum Gasteiger partial charge on any atom is 0.328 e. The van der Waals surface area contributed by atoms with Gasteiger partial charge in [0.1, 0.15) is 0 Å². The summed E-state index contributed by atoms with van der Waals surface area (Å²) < 4.78 is 0. The normalized spacial score (nSPS) is 10.3. The van der Waals surface area contributed by atoms with Crippen molar-refractivity contribution in [3.8, 4) is 0 Å². The first-order valence-electron chi connectivity index (χ1n) is 4.82. The molecule has 0 saturated heterocycles. The maximum absolute atomic E-state index is 11.1. The smallest absolute Gasteiger partial charge is 0.328 e. The summed E-state index contributed by atoms with van der Waals surface area (Å²) in [6, 6.07) is 7.16. The van der Waals surface area contributed by atoms with Crippen LogP contribution in [0.15, 0.2) is 30.3 Å². The zero-order chi connectivity index (χ0) is 12.0. The third-order valence-corrected chi connectivity index (χ3v) is 2.04. The van der Waals surface area contributed by atoms with E-state index in [4.69, 9.17) is 5.11 Å². The molecule has 0 fully saturated rings. The summed E-state index contributed by atoms with van der Waals surface area (Å²) in [4.78, 5) is 21.4. The van der Waals surface area contributed by atoms with Crippen LogP contribution in [0.1, 0.15) is 11.1 Å².